The summed E-state index contributed by atoms with van der Waals surface area (Å²) in [5, 5.41) is 1.23. The van der Waals surface area contributed by atoms with E-state index >= 15 is 0 Å². The normalized spacial score (nSPS) is 11.8. The van der Waals surface area contributed by atoms with E-state index in [1.807, 2.05) is 54.6 Å². The molecule has 2 aromatic rings. The highest BCUT2D eigenvalue weighted by Crippen LogP contribution is 2.24. The van der Waals surface area contributed by atoms with Gasteiger partial charge in [0.2, 0.25) is 0 Å². The van der Waals surface area contributed by atoms with Crippen molar-refractivity contribution in [3.05, 3.63) is 65.6 Å². The van der Waals surface area contributed by atoms with E-state index in [1.54, 1.807) is 6.08 Å². The first kappa shape index (κ1) is 12.6. The molecular formula is C15H14O2S. The Bertz CT molecular complexity index is 656. The fourth-order valence-electron chi connectivity index (χ4n) is 1.72. The second kappa shape index (κ2) is 5.19. The first-order valence-corrected chi connectivity index (χ1v) is 7.54. The van der Waals surface area contributed by atoms with Crippen LogP contribution in [0.25, 0.3) is 17.2 Å². The standard InChI is InChI=1S/C15H14O2S/c1-18(16,17)12-11-14-9-5-6-10-15(14)13-7-3-2-4-8-13/h2-12H,1H3/b12-11-. The van der Waals surface area contributed by atoms with E-state index in [-0.39, 0.29) is 0 Å². The van der Waals surface area contributed by atoms with Gasteiger partial charge in [-0.1, -0.05) is 54.6 Å². The van der Waals surface area contributed by atoms with Crippen molar-refractivity contribution < 1.29 is 8.42 Å². The van der Waals surface area contributed by atoms with Crippen LogP contribution < -0.4 is 0 Å². The molecule has 2 nitrogen and oxygen atoms in total. The predicted octanol–water partition coefficient (Wildman–Crippen LogP) is 3.37. The molecule has 0 amide bonds. The summed E-state index contributed by atoms with van der Waals surface area (Å²) >= 11 is 0. The van der Waals surface area contributed by atoms with Crippen molar-refractivity contribution in [2.45, 2.75) is 0 Å². The van der Waals surface area contributed by atoms with Crippen LogP contribution >= 0.6 is 0 Å². The van der Waals surface area contributed by atoms with Crippen LogP contribution in [0, 0.1) is 0 Å². The third-order valence-corrected chi connectivity index (χ3v) is 3.17. The third kappa shape index (κ3) is 3.31. The molecule has 0 fully saturated rings. The summed E-state index contributed by atoms with van der Waals surface area (Å²) in [7, 11) is -3.10. The van der Waals surface area contributed by atoms with E-state index < -0.39 is 9.84 Å². The molecule has 0 atom stereocenters. The topological polar surface area (TPSA) is 34.1 Å². The summed E-state index contributed by atoms with van der Waals surface area (Å²) in [6, 6.07) is 17.6. The van der Waals surface area contributed by atoms with Gasteiger partial charge < -0.3 is 0 Å². The van der Waals surface area contributed by atoms with Gasteiger partial charge in [-0.25, -0.2) is 8.42 Å². The van der Waals surface area contributed by atoms with Gasteiger partial charge in [0.05, 0.1) is 0 Å². The third-order valence-electron chi connectivity index (χ3n) is 2.54. The molecule has 0 N–H and O–H groups in total. The summed E-state index contributed by atoms with van der Waals surface area (Å²) < 4.78 is 22.3. The molecule has 0 spiro atoms. The van der Waals surface area contributed by atoms with Crippen molar-refractivity contribution in [2.75, 3.05) is 6.26 Å². The minimum atomic E-state index is -3.10. The number of hydrogen-bond donors (Lipinski definition) is 0. The number of sulfone groups is 1. The lowest BCUT2D eigenvalue weighted by atomic mass is 10.00. The molecule has 2 aromatic carbocycles. The smallest absolute Gasteiger partial charge is 0.168 e. The van der Waals surface area contributed by atoms with Crippen LogP contribution in [0.3, 0.4) is 0 Å². The van der Waals surface area contributed by atoms with Crippen LogP contribution in [0.5, 0.6) is 0 Å². The van der Waals surface area contributed by atoms with Gasteiger partial charge in [0.1, 0.15) is 0 Å². The van der Waals surface area contributed by atoms with Gasteiger partial charge in [-0.15, -0.1) is 0 Å². The molecule has 0 aliphatic carbocycles. The Balaban J connectivity index is 2.48. The van der Waals surface area contributed by atoms with Crippen LogP contribution in [0.15, 0.2) is 60.0 Å². The summed E-state index contributed by atoms with van der Waals surface area (Å²) in [5.74, 6) is 0. The van der Waals surface area contributed by atoms with Gasteiger partial charge >= 0.3 is 0 Å². The molecule has 0 aliphatic heterocycles. The van der Waals surface area contributed by atoms with Gasteiger partial charge in [0, 0.05) is 11.7 Å². The van der Waals surface area contributed by atoms with E-state index in [0.29, 0.717) is 0 Å². The Labute approximate surface area is 108 Å². The SMILES string of the molecule is CS(=O)(=O)/C=C\c1ccccc1-c1ccccc1. The Morgan fingerprint density at radius 3 is 2.17 bits per heavy atom. The Hall–Kier alpha value is -1.87. The van der Waals surface area contributed by atoms with Crippen molar-refractivity contribution >= 4 is 15.9 Å². The largest absolute Gasteiger partial charge is 0.225 e. The summed E-state index contributed by atoms with van der Waals surface area (Å²) in [4.78, 5) is 0. The maximum absolute atomic E-state index is 11.2. The van der Waals surface area contributed by atoms with E-state index in [0.717, 1.165) is 16.7 Å². The lowest BCUT2D eigenvalue weighted by molar-refractivity contribution is 0.610. The van der Waals surface area contributed by atoms with E-state index in [1.165, 1.54) is 11.7 Å². The molecule has 0 aromatic heterocycles. The highest BCUT2D eigenvalue weighted by atomic mass is 32.2. The highest BCUT2D eigenvalue weighted by molar-refractivity contribution is 7.93. The van der Waals surface area contributed by atoms with E-state index in [9.17, 15) is 8.42 Å². The number of rotatable bonds is 3. The second-order valence-corrected chi connectivity index (χ2v) is 6.02. The van der Waals surface area contributed by atoms with Crippen molar-refractivity contribution in [1.29, 1.82) is 0 Å². The van der Waals surface area contributed by atoms with Gasteiger partial charge in [0.15, 0.2) is 9.84 Å². The van der Waals surface area contributed by atoms with Crippen molar-refractivity contribution in [1.82, 2.24) is 0 Å². The molecule has 0 saturated carbocycles. The average Bonchev–Trinajstić information content (AvgIpc) is 2.37. The maximum Gasteiger partial charge on any atom is 0.168 e. The molecule has 92 valence electrons. The van der Waals surface area contributed by atoms with Crippen molar-refractivity contribution in [2.24, 2.45) is 0 Å². The second-order valence-electron chi connectivity index (χ2n) is 4.09. The molecule has 0 heterocycles. The number of hydrogen-bond acceptors (Lipinski definition) is 2. The molecule has 0 unspecified atom stereocenters. The number of benzene rings is 2. The van der Waals surface area contributed by atoms with Crippen LogP contribution in [-0.2, 0) is 9.84 Å². The monoisotopic (exact) mass is 258 g/mol. The summed E-state index contributed by atoms with van der Waals surface area (Å²) in [5.41, 5.74) is 3.00. The quantitative estimate of drug-likeness (QED) is 0.846. The highest BCUT2D eigenvalue weighted by Gasteiger charge is 2.02. The van der Waals surface area contributed by atoms with Gasteiger partial charge in [-0.2, -0.15) is 0 Å². The van der Waals surface area contributed by atoms with Crippen LogP contribution in [0.1, 0.15) is 5.56 Å². The first-order valence-electron chi connectivity index (χ1n) is 5.59. The van der Waals surface area contributed by atoms with E-state index in [2.05, 4.69) is 0 Å². The molecule has 0 aliphatic rings. The lowest BCUT2D eigenvalue weighted by Crippen LogP contribution is -1.89. The van der Waals surface area contributed by atoms with Crippen molar-refractivity contribution in [3.8, 4) is 11.1 Å². The van der Waals surface area contributed by atoms with Gasteiger partial charge in [-0.05, 0) is 22.8 Å². The van der Waals surface area contributed by atoms with Gasteiger partial charge in [-0.3, -0.25) is 0 Å². The minimum absolute atomic E-state index is 0.897. The Morgan fingerprint density at radius 1 is 0.889 bits per heavy atom. The minimum Gasteiger partial charge on any atom is -0.225 e. The van der Waals surface area contributed by atoms with E-state index in [4.69, 9.17) is 0 Å². The first-order chi connectivity index (χ1) is 8.56. The molecule has 3 heteroatoms. The molecular weight excluding hydrogens is 244 g/mol. The Kier molecular flexibility index (Phi) is 3.63. The fourth-order valence-corrected chi connectivity index (χ4v) is 2.11. The fraction of sp³-hybridized carbons (Fsp3) is 0.0667. The molecule has 0 bridgehead atoms. The van der Waals surface area contributed by atoms with Crippen LogP contribution in [-0.4, -0.2) is 14.7 Å². The zero-order chi connectivity index (χ0) is 13.0. The van der Waals surface area contributed by atoms with Gasteiger partial charge in [0.25, 0.3) is 0 Å². The molecule has 0 radical (unpaired) electrons. The van der Waals surface area contributed by atoms with Crippen LogP contribution in [0.2, 0.25) is 0 Å². The zero-order valence-corrected chi connectivity index (χ0v) is 10.9. The summed E-state index contributed by atoms with van der Waals surface area (Å²) in [6.45, 7) is 0. The zero-order valence-electron chi connectivity index (χ0n) is 10.1. The maximum atomic E-state index is 11.2. The van der Waals surface area contributed by atoms with Crippen LogP contribution in [0.4, 0.5) is 0 Å². The molecule has 18 heavy (non-hydrogen) atoms. The lowest BCUT2D eigenvalue weighted by Gasteiger charge is -2.05. The summed E-state index contributed by atoms with van der Waals surface area (Å²) in [6.07, 6.45) is 2.83. The predicted molar refractivity (Wildman–Crippen MR) is 75.8 cm³/mol. The van der Waals surface area contributed by atoms with Crippen molar-refractivity contribution in [3.63, 3.8) is 0 Å². The molecule has 2 rings (SSSR count). The Morgan fingerprint density at radius 2 is 1.50 bits per heavy atom. The molecule has 0 saturated heterocycles. The average molecular weight is 258 g/mol.